The third-order valence-electron chi connectivity index (χ3n) is 3.28. The molecule has 0 radical (unpaired) electrons. The molecule has 0 amide bonds. The van der Waals surface area contributed by atoms with Gasteiger partial charge in [0.2, 0.25) is 0 Å². The van der Waals surface area contributed by atoms with Gasteiger partial charge in [-0.3, -0.25) is 4.79 Å². The van der Waals surface area contributed by atoms with Crippen molar-refractivity contribution in [3.8, 4) is 0 Å². The first-order valence-electron chi connectivity index (χ1n) is 6.54. The zero-order chi connectivity index (χ0) is 13.9. The third-order valence-corrected chi connectivity index (χ3v) is 3.53. The molecule has 3 rings (SSSR count). The van der Waals surface area contributed by atoms with E-state index in [0.29, 0.717) is 16.5 Å². The molecule has 104 valence electrons. The minimum absolute atomic E-state index is 0.0629. The fourth-order valence-electron chi connectivity index (χ4n) is 2.20. The molecule has 0 N–H and O–H groups in total. The van der Waals surface area contributed by atoms with E-state index in [1.54, 1.807) is 24.3 Å². The summed E-state index contributed by atoms with van der Waals surface area (Å²) in [7, 11) is 0. The maximum Gasteiger partial charge on any atom is 0.266 e. The Labute approximate surface area is 121 Å². The number of nitrogens with zero attached hydrogens (tertiary/aromatic N) is 5. The third kappa shape index (κ3) is 2.80. The van der Waals surface area contributed by atoms with Gasteiger partial charge in [-0.25, -0.2) is 0 Å². The van der Waals surface area contributed by atoms with Crippen molar-refractivity contribution in [3.63, 3.8) is 0 Å². The van der Waals surface area contributed by atoms with Crippen LogP contribution in [0.1, 0.15) is 23.2 Å². The van der Waals surface area contributed by atoms with Crippen molar-refractivity contribution >= 4 is 23.3 Å². The van der Waals surface area contributed by atoms with Crippen LogP contribution in [0.15, 0.2) is 24.3 Å². The van der Waals surface area contributed by atoms with Crippen molar-refractivity contribution < 1.29 is 4.79 Å². The molecule has 2 heterocycles. The molecule has 6 nitrogen and oxygen atoms in total. The Balaban J connectivity index is 1.68. The molecule has 1 aromatic heterocycles. The lowest BCUT2D eigenvalue weighted by molar-refractivity contribution is 0.0961. The molecular formula is C13H14ClN5O. The number of halogens is 1. The molecule has 0 spiro atoms. The van der Waals surface area contributed by atoms with Crippen LogP contribution in [-0.2, 0) is 6.54 Å². The van der Waals surface area contributed by atoms with Gasteiger partial charge in [-0.1, -0.05) is 16.7 Å². The normalized spacial score (nSPS) is 14.8. The summed E-state index contributed by atoms with van der Waals surface area (Å²) in [4.78, 5) is 15.5. The van der Waals surface area contributed by atoms with Crippen LogP contribution in [0.25, 0.3) is 0 Å². The first-order chi connectivity index (χ1) is 9.72. The van der Waals surface area contributed by atoms with Gasteiger partial charge in [0.15, 0.2) is 5.78 Å². The Bertz CT molecular complexity index is 603. The van der Waals surface area contributed by atoms with Crippen molar-refractivity contribution in [2.45, 2.75) is 19.4 Å². The Kier molecular flexibility index (Phi) is 3.64. The number of Topliss-reactive ketones (excluding diaryl/α,β-unsaturated/α-hetero) is 1. The van der Waals surface area contributed by atoms with Gasteiger partial charge < -0.3 is 4.90 Å². The molecule has 1 aromatic carbocycles. The summed E-state index contributed by atoms with van der Waals surface area (Å²) >= 11 is 5.80. The highest BCUT2D eigenvalue weighted by Crippen LogP contribution is 2.14. The predicted molar refractivity (Wildman–Crippen MR) is 75.0 cm³/mol. The Hall–Kier alpha value is -1.95. The molecule has 20 heavy (non-hydrogen) atoms. The predicted octanol–water partition coefficient (Wildman–Crippen LogP) is 1.81. The number of carbonyl (C=O) groups excluding carboxylic acids is 1. The van der Waals surface area contributed by atoms with E-state index in [9.17, 15) is 4.79 Å². The summed E-state index contributed by atoms with van der Waals surface area (Å²) in [5.41, 5.74) is 0.592. The minimum atomic E-state index is -0.0629. The quantitative estimate of drug-likeness (QED) is 0.804. The topological polar surface area (TPSA) is 63.9 Å². The van der Waals surface area contributed by atoms with Gasteiger partial charge in [0, 0.05) is 23.7 Å². The van der Waals surface area contributed by atoms with Crippen LogP contribution in [0.4, 0.5) is 5.95 Å². The van der Waals surface area contributed by atoms with E-state index in [4.69, 9.17) is 11.6 Å². The van der Waals surface area contributed by atoms with Crippen LogP contribution in [0.3, 0.4) is 0 Å². The van der Waals surface area contributed by atoms with E-state index >= 15 is 0 Å². The van der Waals surface area contributed by atoms with E-state index in [-0.39, 0.29) is 12.3 Å². The molecule has 1 fully saturated rings. The number of aromatic nitrogens is 4. The zero-order valence-corrected chi connectivity index (χ0v) is 11.6. The maximum atomic E-state index is 12.1. The summed E-state index contributed by atoms with van der Waals surface area (Å²) < 4.78 is 0. The first-order valence-corrected chi connectivity index (χ1v) is 6.92. The fraction of sp³-hybridized carbons (Fsp3) is 0.385. The highest BCUT2D eigenvalue weighted by Gasteiger charge is 2.17. The maximum absolute atomic E-state index is 12.1. The Morgan fingerprint density at radius 2 is 1.90 bits per heavy atom. The molecule has 1 aliphatic heterocycles. The molecule has 0 aliphatic carbocycles. The standard InChI is InChI=1S/C13H14ClN5O/c14-11-5-3-10(4-6-11)12(20)9-19-16-13(15-17-19)18-7-1-2-8-18/h3-6H,1-2,7-9H2. The van der Waals surface area contributed by atoms with E-state index in [1.807, 2.05) is 0 Å². The van der Waals surface area contributed by atoms with Gasteiger partial charge in [-0.15, -0.1) is 5.10 Å². The second-order valence-corrected chi connectivity index (χ2v) is 5.18. The second-order valence-electron chi connectivity index (χ2n) is 4.74. The molecule has 1 aliphatic rings. The van der Waals surface area contributed by atoms with Crippen molar-refractivity contribution in [2.24, 2.45) is 0 Å². The molecule has 0 atom stereocenters. The first kappa shape index (κ1) is 13.1. The summed E-state index contributed by atoms with van der Waals surface area (Å²) in [5.74, 6) is 0.540. The van der Waals surface area contributed by atoms with Gasteiger partial charge in [-0.2, -0.15) is 4.80 Å². The van der Waals surface area contributed by atoms with Gasteiger partial charge in [0.25, 0.3) is 5.95 Å². The average Bonchev–Trinajstić information content (AvgIpc) is 3.09. The number of hydrogen-bond donors (Lipinski definition) is 0. The van der Waals surface area contributed by atoms with Crippen LogP contribution in [0.2, 0.25) is 5.02 Å². The van der Waals surface area contributed by atoms with E-state index in [2.05, 4.69) is 20.3 Å². The molecular weight excluding hydrogens is 278 g/mol. The Morgan fingerprint density at radius 1 is 1.20 bits per heavy atom. The van der Waals surface area contributed by atoms with Crippen LogP contribution >= 0.6 is 11.6 Å². The molecule has 0 unspecified atom stereocenters. The molecule has 2 aromatic rings. The smallest absolute Gasteiger partial charge is 0.266 e. The zero-order valence-electron chi connectivity index (χ0n) is 10.9. The summed E-state index contributed by atoms with van der Waals surface area (Å²) in [6.45, 7) is 2.00. The number of rotatable bonds is 4. The molecule has 1 saturated heterocycles. The lowest BCUT2D eigenvalue weighted by Gasteiger charge is -2.09. The monoisotopic (exact) mass is 291 g/mol. The lowest BCUT2D eigenvalue weighted by atomic mass is 10.1. The number of ketones is 1. The van der Waals surface area contributed by atoms with Crippen molar-refractivity contribution in [3.05, 3.63) is 34.9 Å². The summed E-state index contributed by atoms with van der Waals surface area (Å²) in [6.07, 6.45) is 2.30. The minimum Gasteiger partial charge on any atom is -0.338 e. The van der Waals surface area contributed by atoms with Gasteiger partial charge >= 0.3 is 0 Å². The van der Waals surface area contributed by atoms with E-state index < -0.39 is 0 Å². The van der Waals surface area contributed by atoms with E-state index in [0.717, 1.165) is 25.9 Å². The van der Waals surface area contributed by atoms with Gasteiger partial charge in [0.1, 0.15) is 6.54 Å². The number of anilines is 1. The van der Waals surface area contributed by atoms with Crippen LogP contribution in [0.5, 0.6) is 0 Å². The molecule has 7 heteroatoms. The van der Waals surface area contributed by atoms with Gasteiger partial charge in [-0.05, 0) is 42.3 Å². The van der Waals surface area contributed by atoms with E-state index in [1.165, 1.54) is 4.80 Å². The van der Waals surface area contributed by atoms with Gasteiger partial charge in [0.05, 0.1) is 0 Å². The summed E-state index contributed by atoms with van der Waals surface area (Å²) in [5, 5.41) is 12.8. The van der Waals surface area contributed by atoms with Crippen molar-refractivity contribution in [1.82, 2.24) is 20.2 Å². The van der Waals surface area contributed by atoms with Crippen molar-refractivity contribution in [1.29, 1.82) is 0 Å². The highest BCUT2D eigenvalue weighted by molar-refractivity contribution is 6.30. The SMILES string of the molecule is O=C(Cn1nnc(N2CCCC2)n1)c1ccc(Cl)cc1. The molecule has 0 bridgehead atoms. The molecule has 0 saturated carbocycles. The number of benzene rings is 1. The fourth-order valence-corrected chi connectivity index (χ4v) is 2.33. The lowest BCUT2D eigenvalue weighted by Crippen LogP contribution is -2.19. The van der Waals surface area contributed by atoms with Crippen LogP contribution in [0, 0.1) is 0 Å². The van der Waals surface area contributed by atoms with Crippen LogP contribution < -0.4 is 4.90 Å². The number of carbonyl (C=O) groups is 1. The van der Waals surface area contributed by atoms with Crippen molar-refractivity contribution in [2.75, 3.05) is 18.0 Å². The average molecular weight is 292 g/mol. The summed E-state index contributed by atoms with van der Waals surface area (Å²) in [6, 6.07) is 6.78. The van der Waals surface area contributed by atoms with Crippen LogP contribution in [-0.4, -0.2) is 39.1 Å². The number of tetrazole rings is 1. The number of hydrogen-bond acceptors (Lipinski definition) is 5. The second kappa shape index (κ2) is 5.58. The Morgan fingerprint density at radius 3 is 2.60 bits per heavy atom. The highest BCUT2D eigenvalue weighted by atomic mass is 35.5. The largest absolute Gasteiger partial charge is 0.338 e.